The standard InChI is InChI=1S/C26H36N4OS/c1-19-25(32-20(2)27-19)18-26(31)30-15-13-29(14-16-30)24-8-7-21-9-11-28(12-10-22(21)17-24)23-5-3-4-6-23/h7-8,17,23H,3-6,9-16,18H2,1-2H3. The lowest BCUT2D eigenvalue weighted by Crippen LogP contribution is -2.49. The summed E-state index contributed by atoms with van der Waals surface area (Å²) in [6.45, 7) is 9.90. The SMILES string of the molecule is Cc1nc(C)c(CC(=O)N2CCN(c3ccc4c(c3)CCN(C3CCCC3)CC4)CC2)s1. The molecule has 1 aliphatic carbocycles. The van der Waals surface area contributed by atoms with Gasteiger partial charge in [0.1, 0.15) is 0 Å². The van der Waals surface area contributed by atoms with E-state index in [1.807, 2.05) is 18.7 Å². The van der Waals surface area contributed by atoms with E-state index in [4.69, 9.17) is 0 Å². The predicted octanol–water partition coefficient (Wildman–Crippen LogP) is 3.99. The van der Waals surface area contributed by atoms with Gasteiger partial charge in [0.05, 0.1) is 17.1 Å². The Kier molecular flexibility index (Phi) is 6.51. The minimum Gasteiger partial charge on any atom is -0.368 e. The molecule has 1 saturated carbocycles. The number of carbonyl (C=O) groups excluding carboxylic acids is 1. The first-order valence-electron chi connectivity index (χ1n) is 12.4. The van der Waals surface area contributed by atoms with E-state index in [2.05, 4.69) is 33.0 Å². The highest BCUT2D eigenvalue weighted by atomic mass is 32.1. The van der Waals surface area contributed by atoms with E-state index in [1.54, 1.807) is 16.9 Å². The number of nitrogens with zero attached hydrogens (tertiary/aromatic N) is 4. The summed E-state index contributed by atoms with van der Waals surface area (Å²) in [7, 11) is 0. The summed E-state index contributed by atoms with van der Waals surface area (Å²) in [6, 6.07) is 7.95. The van der Waals surface area contributed by atoms with Gasteiger partial charge in [-0.2, -0.15) is 0 Å². The molecule has 1 aromatic heterocycles. The van der Waals surface area contributed by atoms with Crippen LogP contribution in [0.4, 0.5) is 5.69 Å². The first-order chi connectivity index (χ1) is 15.6. The molecule has 1 aromatic carbocycles. The van der Waals surface area contributed by atoms with Crippen molar-refractivity contribution in [3.63, 3.8) is 0 Å². The fourth-order valence-corrected chi connectivity index (χ4v) is 6.69. The van der Waals surface area contributed by atoms with Crippen molar-refractivity contribution in [1.29, 1.82) is 0 Å². The third-order valence-corrected chi connectivity index (χ3v) is 8.75. The third-order valence-electron chi connectivity index (χ3n) is 7.68. The molecular formula is C26H36N4OS. The molecule has 6 heteroatoms. The average Bonchev–Trinajstić information content (AvgIpc) is 3.38. The second-order valence-electron chi connectivity index (χ2n) is 9.71. The molecular weight excluding hydrogens is 416 g/mol. The number of aryl methyl sites for hydroxylation is 2. The lowest BCUT2D eigenvalue weighted by molar-refractivity contribution is -0.130. The van der Waals surface area contributed by atoms with Crippen LogP contribution in [0.25, 0.3) is 0 Å². The summed E-state index contributed by atoms with van der Waals surface area (Å²) in [5.41, 5.74) is 5.42. The fraction of sp³-hybridized carbons (Fsp3) is 0.615. The minimum atomic E-state index is 0.241. The van der Waals surface area contributed by atoms with Crippen molar-refractivity contribution in [2.45, 2.75) is 64.8 Å². The van der Waals surface area contributed by atoms with Crippen molar-refractivity contribution in [1.82, 2.24) is 14.8 Å². The van der Waals surface area contributed by atoms with Crippen LogP contribution in [0.15, 0.2) is 18.2 Å². The van der Waals surface area contributed by atoms with Crippen molar-refractivity contribution in [2.24, 2.45) is 0 Å². The summed E-state index contributed by atoms with van der Waals surface area (Å²) in [6.07, 6.45) is 8.47. The van der Waals surface area contributed by atoms with Crippen molar-refractivity contribution in [2.75, 3.05) is 44.2 Å². The maximum Gasteiger partial charge on any atom is 0.228 e. The van der Waals surface area contributed by atoms with Gasteiger partial charge in [-0.3, -0.25) is 9.69 Å². The molecule has 2 aromatic rings. The van der Waals surface area contributed by atoms with Crippen LogP contribution in [0.1, 0.15) is 52.4 Å². The molecule has 2 fully saturated rings. The fourth-order valence-electron chi connectivity index (χ4n) is 5.76. The highest BCUT2D eigenvalue weighted by Gasteiger charge is 2.26. The van der Waals surface area contributed by atoms with E-state index in [9.17, 15) is 4.79 Å². The van der Waals surface area contributed by atoms with Gasteiger partial charge < -0.3 is 9.80 Å². The molecule has 0 spiro atoms. The monoisotopic (exact) mass is 452 g/mol. The van der Waals surface area contributed by atoms with Crippen LogP contribution in [0.5, 0.6) is 0 Å². The zero-order valence-corrected chi connectivity index (χ0v) is 20.4. The van der Waals surface area contributed by atoms with Crippen LogP contribution >= 0.6 is 11.3 Å². The molecule has 5 nitrogen and oxygen atoms in total. The summed E-state index contributed by atoms with van der Waals surface area (Å²) in [5, 5.41) is 1.05. The molecule has 0 unspecified atom stereocenters. The van der Waals surface area contributed by atoms with Gasteiger partial charge in [0, 0.05) is 55.9 Å². The van der Waals surface area contributed by atoms with Crippen LogP contribution in [0, 0.1) is 13.8 Å². The Hall–Kier alpha value is -1.92. The van der Waals surface area contributed by atoms with Gasteiger partial charge in [0.15, 0.2) is 0 Å². The van der Waals surface area contributed by atoms with E-state index in [0.29, 0.717) is 6.42 Å². The summed E-state index contributed by atoms with van der Waals surface area (Å²) in [4.78, 5) is 25.7. The van der Waals surface area contributed by atoms with Crippen molar-refractivity contribution >= 4 is 22.9 Å². The zero-order valence-electron chi connectivity index (χ0n) is 19.6. The van der Waals surface area contributed by atoms with Gasteiger partial charge in [0.2, 0.25) is 5.91 Å². The second kappa shape index (κ2) is 9.52. The molecule has 0 N–H and O–H groups in total. The lowest BCUT2D eigenvalue weighted by atomic mass is 10.0. The molecule has 3 aliphatic rings. The van der Waals surface area contributed by atoms with Gasteiger partial charge in [-0.25, -0.2) is 4.98 Å². The smallest absolute Gasteiger partial charge is 0.228 e. The molecule has 0 bridgehead atoms. The number of carbonyl (C=O) groups is 1. The zero-order chi connectivity index (χ0) is 22.1. The van der Waals surface area contributed by atoms with Gasteiger partial charge in [-0.05, 0) is 62.8 Å². The van der Waals surface area contributed by atoms with E-state index in [1.165, 1.54) is 62.9 Å². The number of rotatable bonds is 4. The third kappa shape index (κ3) is 4.72. The molecule has 32 heavy (non-hydrogen) atoms. The van der Waals surface area contributed by atoms with E-state index in [-0.39, 0.29) is 5.91 Å². The normalized spacial score (nSPS) is 20.4. The van der Waals surface area contributed by atoms with Crippen molar-refractivity contribution in [3.05, 3.63) is 44.9 Å². The minimum absolute atomic E-state index is 0.241. The number of amides is 1. The number of anilines is 1. The molecule has 3 heterocycles. The molecule has 0 atom stereocenters. The van der Waals surface area contributed by atoms with Gasteiger partial charge >= 0.3 is 0 Å². The Morgan fingerprint density at radius 3 is 2.41 bits per heavy atom. The number of benzene rings is 1. The molecule has 1 saturated heterocycles. The van der Waals surface area contributed by atoms with Gasteiger partial charge in [-0.15, -0.1) is 11.3 Å². The molecule has 1 amide bonds. The number of hydrogen-bond acceptors (Lipinski definition) is 5. The quantitative estimate of drug-likeness (QED) is 0.703. The number of aromatic nitrogens is 1. The Morgan fingerprint density at radius 1 is 1.00 bits per heavy atom. The summed E-state index contributed by atoms with van der Waals surface area (Å²) >= 11 is 1.65. The van der Waals surface area contributed by atoms with Crippen LogP contribution in [-0.2, 0) is 24.1 Å². The first kappa shape index (κ1) is 21.9. The Labute approximate surface area is 196 Å². The number of piperazine rings is 1. The molecule has 172 valence electrons. The molecule has 0 radical (unpaired) electrons. The highest BCUT2D eigenvalue weighted by Crippen LogP contribution is 2.28. The Bertz CT molecular complexity index is 957. The number of thiazole rings is 1. The van der Waals surface area contributed by atoms with E-state index in [0.717, 1.165) is 47.8 Å². The number of fused-ring (bicyclic) bond motifs is 1. The maximum atomic E-state index is 12.8. The van der Waals surface area contributed by atoms with E-state index >= 15 is 0 Å². The summed E-state index contributed by atoms with van der Waals surface area (Å²) in [5.74, 6) is 0.241. The maximum absolute atomic E-state index is 12.8. The highest BCUT2D eigenvalue weighted by molar-refractivity contribution is 7.11. The Balaban J connectivity index is 1.18. The van der Waals surface area contributed by atoms with Crippen molar-refractivity contribution in [3.8, 4) is 0 Å². The molecule has 5 rings (SSSR count). The van der Waals surface area contributed by atoms with Crippen LogP contribution in [-0.4, -0.2) is 66.0 Å². The number of hydrogen-bond donors (Lipinski definition) is 0. The van der Waals surface area contributed by atoms with Gasteiger partial charge in [0.25, 0.3) is 0 Å². The van der Waals surface area contributed by atoms with Gasteiger partial charge in [-0.1, -0.05) is 18.9 Å². The molecule has 2 aliphatic heterocycles. The Morgan fingerprint density at radius 2 is 1.72 bits per heavy atom. The largest absolute Gasteiger partial charge is 0.368 e. The van der Waals surface area contributed by atoms with E-state index < -0.39 is 0 Å². The average molecular weight is 453 g/mol. The predicted molar refractivity (Wildman–Crippen MR) is 132 cm³/mol. The summed E-state index contributed by atoms with van der Waals surface area (Å²) < 4.78 is 0. The van der Waals surface area contributed by atoms with Crippen LogP contribution < -0.4 is 4.90 Å². The van der Waals surface area contributed by atoms with Crippen LogP contribution in [0.3, 0.4) is 0 Å². The van der Waals surface area contributed by atoms with Crippen molar-refractivity contribution < 1.29 is 4.79 Å². The van der Waals surface area contributed by atoms with Crippen LogP contribution in [0.2, 0.25) is 0 Å². The topological polar surface area (TPSA) is 39.7 Å². The lowest BCUT2D eigenvalue weighted by Gasteiger charge is -2.36. The second-order valence-corrected chi connectivity index (χ2v) is 11.0. The first-order valence-corrected chi connectivity index (χ1v) is 13.2.